The van der Waals surface area contributed by atoms with Gasteiger partial charge in [0.2, 0.25) is 0 Å². The zero-order chi connectivity index (χ0) is 10.1. The summed E-state index contributed by atoms with van der Waals surface area (Å²) >= 11 is 0. The van der Waals surface area contributed by atoms with Gasteiger partial charge in [0, 0.05) is 6.42 Å². The Labute approximate surface area is 78.1 Å². The van der Waals surface area contributed by atoms with Crippen LogP contribution >= 0.6 is 7.60 Å². The molecule has 1 aliphatic rings. The van der Waals surface area contributed by atoms with Gasteiger partial charge in [-0.15, -0.1) is 0 Å². The van der Waals surface area contributed by atoms with E-state index in [9.17, 15) is 9.36 Å². The van der Waals surface area contributed by atoms with E-state index in [4.69, 9.17) is 9.05 Å². The second-order valence-electron chi connectivity index (χ2n) is 3.54. The highest BCUT2D eigenvalue weighted by Gasteiger charge is 2.36. The van der Waals surface area contributed by atoms with E-state index < -0.39 is 7.60 Å². The van der Waals surface area contributed by atoms with Crippen molar-refractivity contribution in [1.29, 1.82) is 0 Å². The first-order valence-corrected chi connectivity index (χ1v) is 6.09. The summed E-state index contributed by atoms with van der Waals surface area (Å²) < 4.78 is 22.1. The van der Waals surface area contributed by atoms with E-state index in [2.05, 4.69) is 0 Å². The second kappa shape index (κ2) is 3.91. The fraction of sp³-hybridized carbons (Fsp3) is 0.875. The lowest BCUT2D eigenvalue weighted by atomic mass is 10.2. The van der Waals surface area contributed by atoms with Crippen LogP contribution in [0.15, 0.2) is 0 Å². The SMILES string of the molecule is CC(=O)CP1(=O)O[C@H](C)C[C@@H](C)O1. The van der Waals surface area contributed by atoms with Gasteiger partial charge in [-0.25, -0.2) is 0 Å². The molecule has 0 aromatic rings. The van der Waals surface area contributed by atoms with Gasteiger partial charge in [-0.3, -0.25) is 9.36 Å². The molecule has 0 radical (unpaired) electrons. The number of hydrogen-bond donors (Lipinski definition) is 0. The van der Waals surface area contributed by atoms with Gasteiger partial charge in [-0.2, -0.15) is 0 Å². The van der Waals surface area contributed by atoms with Gasteiger partial charge in [0.1, 0.15) is 11.9 Å². The van der Waals surface area contributed by atoms with Crippen LogP contribution in [0.5, 0.6) is 0 Å². The highest BCUT2D eigenvalue weighted by molar-refractivity contribution is 7.55. The largest absolute Gasteiger partial charge is 0.338 e. The van der Waals surface area contributed by atoms with Gasteiger partial charge in [0.25, 0.3) is 0 Å². The zero-order valence-electron chi connectivity index (χ0n) is 8.15. The third-order valence-corrected chi connectivity index (χ3v) is 3.96. The lowest BCUT2D eigenvalue weighted by molar-refractivity contribution is -0.115. The average molecular weight is 206 g/mol. The van der Waals surface area contributed by atoms with Gasteiger partial charge >= 0.3 is 7.60 Å². The van der Waals surface area contributed by atoms with Crippen molar-refractivity contribution in [3.05, 3.63) is 0 Å². The molecular weight excluding hydrogens is 191 g/mol. The molecule has 0 bridgehead atoms. The molecule has 76 valence electrons. The van der Waals surface area contributed by atoms with E-state index in [0.717, 1.165) is 6.42 Å². The van der Waals surface area contributed by atoms with Crippen LogP contribution in [-0.4, -0.2) is 24.2 Å². The normalized spacial score (nSPS) is 40.2. The molecule has 0 N–H and O–H groups in total. The average Bonchev–Trinajstić information content (AvgIpc) is 1.77. The number of hydrogen-bond acceptors (Lipinski definition) is 4. The second-order valence-corrected chi connectivity index (χ2v) is 5.50. The molecule has 1 saturated heterocycles. The number of Topliss-reactive ketones (excluding diaryl/α,β-unsaturated/α-hetero) is 1. The molecule has 0 saturated carbocycles. The maximum Gasteiger partial charge on any atom is 0.338 e. The highest BCUT2D eigenvalue weighted by Crippen LogP contribution is 2.54. The lowest BCUT2D eigenvalue weighted by Crippen LogP contribution is -2.26. The molecule has 0 aliphatic carbocycles. The summed E-state index contributed by atoms with van der Waals surface area (Å²) in [5.74, 6) is -0.162. The fourth-order valence-electron chi connectivity index (χ4n) is 1.47. The summed E-state index contributed by atoms with van der Waals surface area (Å²) in [6.07, 6.45) is 0.437. The molecule has 1 aliphatic heterocycles. The van der Waals surface area contributed by atoms with Crippen molar-refractivity contribution in [1.82, 2.24) is 0 Å². The molecule has 0 unspecified atom stereocenters. The van der Waals surface area contributed by atoms with Crippen LogP contribution in [0.25, 0.3) is 0 Å². The molecule has 0 aromatic carbocycles. The van der Waals surface area contributed by atoms with Crippen LogP contribution in [0.3, 0.4) is 0 Å². The molecule has 1 rings (SSSR count). The van der Waals surface area contributed by atoms with E-state index >= 15 is 0 Å². The van der Waals surface area contributed by atoms with Gasteiger partial charge < -0.3 is 9.05 Å². The molecule has 0 amide bonds. The predicted molar refractivity (Wildman–Crippen MR) is 48.9 cm³/mol. The van der Waals surface area contributed by atoms with Crippen molar-refractivity contribution in [3.8, 4) is 0 Å². The third-order valence-electron chi connectivity index (χ3n) is 1.76. The third kappa shape index (κ3) is 3.22. The van der Waals surface area contributed by atoms with Crippen LogP contribution in [0, 0.1) is 0 Å². The molecule has 1 fully saturated rings. The Morgan fingerprint density at radius 1 is 1.38 bits per heavy atom. The Morgan fingerprint density at radius 3 is 2.23 bits per heavy atom. The molecule has 5 heteroatoms. The minimum atomic E-state index is -3.13. The standard InChI is InChI=1S/C8H15O4P/c1-6(9)5-13(10)11-7(2)4-8(3)12-13/h7-8H,4-5H2,1-3H3/t7-,8-/m1/s1. The van der Waals surface area contributed by atoms with E-state index in [1.54, 1.807) is 0 Å². The van der Waals surface area contributed by atoms with E-state index in [1.165, 1.54) is 6.92 Å². The van der Waals surface area contributed by atoms with Crippen molar-refractivity contribution in [2.24, 2.45) is 0 Å². The Kier molecular flexibility index (Phi) is 3.28. The Morgan fingerprint density at radius 2 is 1.85 bits per heavy atom. The van der Waals surface area contributed by atoms with Crippen LogP contribution in [0.2, 0.25) is 0 Å². The molecule has 2 atom stereocenters. The Balaban J connectivity index is 2.67. The monoisotopic (exact) mass is 206 g/mol. The summed E-state index contributed by atoms with van der Waals surface area (Å²) in [5, 5.41) is 0. The Bertz CT molecular complexity index is 237. The van der Waals surface area contributed by atoms with Crippen LogP contribution < -0.4 is 0 Å². The first kappa shape index (κ1) is 10.9. The first-order valence-electron chi connectivity index (χ1n) is 4.36. The summed E-state index contributed by atoms with van der Waals surface area (Å²) in [5.41, 5.74) is 0. The summed E-state index contributed by atoms with van der Waals surface area (Å²) in [6.45, 7) is 5.06. The smallest absolute Gasteiger partial charge is 0.305 e. The number of rotatable bonds is 2. The molecule has 4 nitrogen and oxygen atoms in total. The molecule has 0 aromatic heterocycles. The van der Waals surface area contributed by atoms with Crippen LogP contribution in [0.1, 0.15) is 27.2 Å². The quantitative estimate of drug-likeness (QED) is 0.648. The van der Waals surface area contributed by atoms with E-state index in [-0.39, 0.29) is 24.2 Å². The van der Waals surface area contributed by atoms with Crippen molar-refractivity contribution in [2.45, 2.75) is 39.4 Å². The van der Waals surface area contributed by atoms with Gasteiger partial charge in [0.15, 0.2) is 0 Å². The highest BCUT2D eigenvalue weighted by atomic mass is 31.2. The van der Waals surface area contributed by atoms with E-state index in [0.29, 0.717) is 0 Å². The maximum atomic E-state index is 11.8. The molecule has 13 heavy (non-hydrogen) atoms. The molecule has 0 spiro atoms. The number of carbonyl (C=O) groups is 1. The topological polar surface area (TPSA) is 52.6 Å². The minimum Gasteiger partial charge on any atom is -0.305 e. The van der Waals surface area contributed by atoms with Gasteiger partial charge in [0.05, 0.1) is 12.2 Å². The lowest BCUT2D eigenvalue weighted by Gasteiger charge is -2.31. The first-order chi connectivity index (χ1) is 5.91. The predicted octanol–water partition coefficient (Wildman–Crippen LogP) is 1.98. The van der Waals surface area contributed by atoms with Crippen LogP contribution in [-0.2, 0) is 18.4 Å². The van der Waals surface area contributed by atoms with Crippen molar-refractivity contribution in [3.63, 3.8) is 0 Å². The summed E-state index contributed by atoms with van der Waals surface area (Å²) in [4.78, 5) is 10.8. The van der Waals surface area contributed by atoms with Crippen molar-refractivity contribution < 1.29 is 18.4 Å². The Hall–Kier alpha value is -0.180. The summed E-state index contributed by atoms with van der Waals surface area (Å²) in [7, 11) is -3.13. The van der Waals surface area contributed by atoms with Gasteiger partial charge in [-0.1, -0.05) is 0 Å². The maximum absolute atomic E-state index is 11.8. The number of carbonyl (C=O) groups excluding carboxylic acids is 1. The van der Waals surface area contributed by atoms with E-state index in [1.807, 2.05) is 13.8 Å². The van der Waals surface area contributed by atoms with Crippen molar-refractivity contribution in [2.75, 3.05) is 6.16 Å². The van der Waals surface area contributed by atoms with Crippen LogP contribution in [0.4, 0.5) is 0 Å². The zero-order valence-corrected chi connectivity index (χ0v) is 9.04. The molecular formula is C8H15O4P. The van der Waals surface area contributed by atoms with Crippen molar-refractivity contribution >= 4 is 13.4 Å². The fourth-order valence-corrected chi connectivity index (χ4v) is 3.49. The summed E-state index contributed by atoms with van der Waals surface area (Å²) in [6, 6.07) is 0. The minimum absolute atomic E-state index is 0.0890. The molecule has 1 heterocycles. The van der Waals surface area contributed by atoms with Gasteiger partial charge in [-0.05, 0) is 20.8 Å². The number of ketones is 1.